The summed E-state index contributed by atoms with van der Waals surface area (Å²) in [5.74, 6) is -1.18. The molecule has 3 nitrogen and oxygen atoms in total. The fourth-order valence-corrected chi connectivity index (χ4v) is 2.68. The summed E-state index contributed by atoms with van der Waals surface area (Å²) in [6.45, 7) is 4.31. The molecule has 0 amide bonds. The summed E-state index contributed by atoms with van der Waals surface area (Å²) < 4.78 is 31.4. The Hall–Kier alpha value is -1.14. The molecule has 1 atom stereocenters. The molecule has 1 unspecified atom stereocenters. The van der Waals surface area contributed by atoms with Gasteiger partial charge in [-0.3, -0.25) is 4.79 Å². The number of carbonyl (C=O) groups is 1. The lowest BCUT2D eigenvalue weighted by atomic mass is 10.1. The Labute approximate surface area is 122 Å². The zero-order valence-electron chi connectivity index (χ0n) is 11.8. The molecule has 1 aromatic rings. The second-order valence-corrected chi connectivity index (χ2v) is 5.63. The molecule has 1 N–H and O–H groups in total. The maximum Gasteiger partial charge on any atom is 0.326 e. The number of nitrogens with one attached hydrogen (secondary N) is 1. The number of esters is 1. The second kappa shape index (κ2) is 7.59. The summed E-state index contributed by atoms with van der Waals surface area (Å²) in [5.41, 5.74) is -0.936. The highest BCUT2D eigenvalue weighted by Crippen LogP contribution is 2.26. The predicted octanol–water partition coefficient (Wildman–Crippen LogP) is 2.99. The van der Waals surface area contributed by atoms with Crippen LogP contribution in [0.25, 0.3) is 0 Å². The van der Waals surface area contributed by atoms with Gasteiger partial charge in [-0.15, -0.1) is 11.8 Å². The largest absolute Gasteiger partial charge is 0.468 e. The Bertz CT molecular complexity index is 470. The van der Waals surface area contributed by atoms with Crippen molar-refractivity contribution in [2.75, 3.05) is 19.4 Å². The van der Waals surface area contributed by atoms with Crippen molar-refractivity contribution in [3.05, 3.63) is 29.8 Å². The van der Waals surface area contributed by atoms with Gasteiger partial charge in [0, 0.05) is 10.6 Å². The van der Waals surface area contributed by atoms with Crippen LogP contribution >= 0.6 is 11.8 Å². The number of ether oxygens (including phenoxy) is 1. The number of halogens is 2. The number of hydrogen-bond donors (Lipinski definition) is 1. The highest BCUT2D eigenvalue weighted by Gasteiger charge is 2.34. The van der Waals surface area contributed by atoms with E-state index in [2.05, 4.69) is 5.32 Å². The van der Waals surface area contributed by atoms with E-state index in [0.717, 1.165) is 36.4 Å². The fourth-order valence-electron chi connectivity index (χ4n) is 1.62. The summed E-state index contributed by atoms with van der Waals surface area (Å²) in [5, 5.41) is 3.09. The van der Waals surface area contributed by atoms with Crippen LogP contribution < -0.4 is 5.32 Å². The van der Waals surface area contributed by atoms with Crippen LogP contribution in [0.2, 0.25) is 0 Å². The molecule has 0 heterocycles. The zero-order valence-corrected chi connectivity index (χ0v) is 12.7. The van der Waals surface area contributed by atoms with E-state index in [4.69, 9.17) is 4.74 Å². The van der Waals surface area contributed by atoms with Crippen LogP contribution in [0.1, 0.15) is 20.3 Å². The lowest BCUT2D eigenvalue weighted by Crippen LogP contribution is -2.52. The molecule has 1 aromatic carbocycles. The molecule has 112 valence electrons. The third kappa shape index (κ3) is 4.45. The van der Waals surface area contributed by atoms with Crippen molar-refractivity contribution in [2.45, 2.75) is 30.7 Å². The third-order valence-corrected chi connectivity index (χ3v) is 4.16. The Morgan fingerprint density at radius 2 is 2.15 bits per heavy atom. The highest BCUT2D eigenvalue weighted by atomic mass is 32.2. The predicted molar refractivity (Wildman–Crippen MR) is 75.8 cm³/mol. The van der Waals surface area contributed by atoms with Crippen molar-refractivity contribution in [1.29, 1.82) is 0 Å². The standard InChI is InChI=1S/C14H19F2NO2S/c1-4-7-17-14(2,13(18)19-3)9-20-12-8-10(15)5-6-11(12)16/h5-6,8,17H,4,7,9H2,1-3H3. The van der Waals surface area contributed by atoms with Gasteiger partial charge < -0.3 is 10.1 Å². The quantitative estimate of drug-likeness (QED) is 0.621. The fraction of sp³-hybridized carbons (Fsp3) is 0.500. The summed E-state index contributed by atoms with van der Waals surface area (Å²) in [7, 11) is 1.31. The van der Waals surface area contributed by atoms with Crippen LogP contribution in [-0.4, -0.2) is 30.9 Å². The maximum atomic E-state index is 13.6. The van der Waals surface area contributed by atoms with Crippen molar-refractivity contribution in [2.24, 2.45) is 0 Å². The van der Waals surface area contributed by atoms with Crippen LogP contribution in [0.4, 0.5) is 8.78 Å². The third-order valence-electron chi connectivity index (χ3n) is 2.81. The minimum atomic E-state index is -0.936. The van der Waals surface area contributed by atoms with Crippen LogP contribution in [0.3, 0.4) is 0 Å². The zero-order chi connectivity index (χ0) is 15.2. The first kappa shape index (κ1) is 16.9. The second-order valence-electron chi connectivity index (χ2n) is 4.61. The van der Waals surface area contributed by atoms with Crippen LogP contribution in [0.15, 0.2) is 23.1 Å². The highest BCUT2D eigenvalue weighted by molar-refractivity contribution is 7.99. The average molecular weight is 303 g/mol. The summed E-state index contributed by atoms with van der Waals surface area (Å²) in [4.78, 5) is 12.0. The van der Waals surface area contributed by atoms with Gasteiger partial charge in [-0.05, 0) is 38.1 Å². The van der Waals surface area contributed by atoms with E-state index in [9.17, 15) is 13.6 Å². The van der Waals surface area contributed by atoms with Gasteiger partial charge in [0.2, 0.25) is 0 Å². The number of thioether (sulfide) groups is 1. The molecule has 1 rings (SSSR count). The summed E-state index contributed by atoms with van der Waals surface area (Å²) >= 11 is 1.08. The van der Waals surface area contributed by atoms with Gasteiger partial charge in [-0.25, -0.2) is 8.78 Å². The van der Waals surface area contributed by atoms with Gasteiger partial charge in [-0.2, -0.15) is 0 Å². The molecule has 20 heavy (non-hydrogen) atoms. The van der Waals surface area contributed by atoms with Crippen molar-refractivity contribution in [1.82, 2.24) is 5.32 Å². The van der Waals surface area contributed by atoms with Crippen LogP contribution in [0, 0.1) is 11.6 Å². The SMILES string of the molecule is CCCNC(C)(CSc1cc(F)ccc1F)C(=O)OC. The number of carbonyl (C=O) groups excluding carboxylic acids is 1. The molecule has 0 spiro atoms. The molecular weight excluding hydrogens is 284 g/mol. The molecule has 0 saturated heterocycles. The monoisotopic (exact) mass is 303 g/mol. The Morgan fingerprint density at radius 1 is 1.45 bits per heavy atom. The molecule has 0 aliphatic heterocycles. The number of benzene rings is 1. The molecule has 0 radical (unpaired) electrons. The molecule has 0 aromatic heterocycles. The molecule has 0 aliphatic carbocycles. The van der Waals surface area contributed by atoms with E-state index in [1.54, 1.807) is 6.92 Å². The molecular formula is C14H19F2NO2S. The van der Waals surface area contributed by atoms with Crippen molar-refractivity contribution >= 4 is 17.7 Å². The molecule has 6 heteroatoms. The van der Waals surface area contributed by atoms with Crippen molar-refractivity contribution in [3.8, 4) is 0 Å². The number of hydrogen-bond acceptors (Lipinski definition) is 4. The summed E-state index contributed by atoms with van der Waals surface area (Å²) in [6.07, 6.45) is 0.853. The average Bonchev–Trinajstić information content (AvgIpc) is 2.45. The van der Waals surface area contributed by atoms with Gasteiger partial charge in [0.05, 0.1) is 7.11 Å². The van der Waals surface area contributed by atoms with Gasteiger partial charge >= 0.3 is 5.97 Å². The molecule has 0 saturated carbocycles. The number of rotatable bonds is 7. The van der Waals surface area contributed by atoms with E-state index < -0.39 is 23.1 Å². The Morgan fingerprint density at radius 3 is 2.75 bits per heavy atom. The molecule has 0 bridgehead atoms. The number of methoxy groups -OCH3 is 1. The minimum absolute atomic E-state index is 0.179. The first-order chi connectivity index (χ1) is 9.42. The van der Waals surface area contributed by atoms with Crippen LogP contribution in [-0.2, 0) is 9.53 Å². The van der Waals surface area contributed by atoms with E-state index in [-0.39, 0.29) is 10.6 Å². The lowest BCUT2D eigenvalue weighted by Gasteiger charge is -2.27. The minimum Gasteiger partial charge on any atom is -0.468 e. The van der Waals surface area contributed by atoms with E-state index in [1.165, 1.54) is 7.11 Å². The van der Waals surface area contributed by atoms with Gasteiger partial charge in [0.15, 0.2) is 0 Å². The van der Waals surface area contributed by atoms with Crippen LogP contribution in [0.5, 0.6) is 0 Å². The normalized spacial score (nSPS) is 13.8. The topological polar surface area (TPSA) is 38.3 Å². The smallest absolute Gasteiger partial charge is 0.326 e. The maximum absolute atomic E-state index is 13.6. The van der Waals surface area contributed by atoms with Gasteiger partial charge in [0.25, 0.3) is 0 Å². The Kier molecular flexibility index (Phi) is 6.42. The van der Waals surface area contributed by atoms with E-state index in [0.29, 0.717) is 6.54 Å². The molecule has 0 aliphatic rings. The lowest BCUT2D eigenvalue weighted by molar-refractivity contribution is -0.146. The van der Waals surface area contributed by atoms with Gasteiger partial charge in [-0.1, -0.05) is 6.92 Å². The Balaban J connectivity index is 2.80. The van der Waals surface area contributed by atoms with E-state index in [1.807, 2.05) is 6.92 Å². The molecule has 0 fully saturated rings. The first-order valence-electron chi connectivity index (χ1n) is 6.34. The van der Waals surface area contributed by atoms with Crippen molar-refractivity contribution < 1.29 is 18.3 Å². The van der Waals surface area contributed by atoms with E-state index >= 15 is 0 Å². The first-order valence-corrected chi connectivity index (χ1v) is 7.33. The van der Waals surface area contributed by atoms with Gasteiger partial charge in [0.1, 0.15) is 17.2 Å². The summed E-state index contributed by atoms with van der Waals surface area (Å²) in [6, 6.07) is 3.26. The van der Waals surface area contributed by atoms with Crippen molar-refractivity contribution in [3.63, 3.8) is 0 Å².